The average Bonchev–Trinajstić information content (AvgIpc) is 2.73. The lowest BCUT2D eigenvalue weighted by atomic mass is 9.92. The Bertz CT molecular complexity index is 466. The summed E-state index contributed by atoms with van der Waals surface area (Å²) in [6.45, 7) is 5.37. The number of hydrogen-bond acceptors (Lipinski definition) is 5. The standard InChI is InChI=1S/C15H24N2O4/c1-5-9(6-2)13(17-8(3)18)12-11(16)7-10(14(12)19)15(20)21-4/h9-10,14,16,19H,5-7H2,1-4H3,(H,17,18). The van der Waals surface area contributed by atoms with Crippen LogP contribution in [-0.4, -0.2) is 35.9 Å². The third-order valence-corrected chi connectivity index (χ3v) is 3.92. The van der Waals surface area contributed by atoms with Crippen molar-refractivity contribution < 1.29 is 19.4 Å². The summed E-state index contributed by atoms with van der Waals surface area (Å²) < 4.78 is 4.67. The van der Waals surface area contributed by atoms with Gasteiger partial charge in [-0.05, 0) is 18.8 Å². The number of carbonyl (C=O) groups excluding carboxylic acids is 2. The van der Waals surface area contributed by atoms with Gasteiger partial charge in [0, 0.05) is 30.3 Å². The van der Waals surface area contributed by atoms with Crippen molar-refractivity contribution in [3.05, 3.63) is 11.3 Å². The zero-order valence-corrected chi connectivity index (χ0v) is 13.0. The Labute approximate surface area is 125 Å². The van der Waals surface area contributed by atoms with E-state index in [4.69, 9.17) is 5.41 Å². The predicted octanol–water partition coefficient (Wildman–Crippen LogP) is 1.39. The third kappa shape index (κ3) is 3.69. The number of hydrogen-bond donors (Lipinski definition) is 3. The molecule has 0 aromatic heterocycles. The van der Waals surface area contributed by atoms with Gasteiger partial charge < -0.3 is 20.6 Å². The fraction of sp³-hybridized carbons (Fsp3) is 0.667. The molecule has 2 unspecified atom stereocenters. The van der Waals surface area contributed by atoms with Crippen molar-refractivity contribution in [3.63, 3.8) is 0 Å². The van der Waals surface area contributed by atoms with E-state index in [9.17, 15) is 14.7 Å². The Morgan fingerprint density at radius 2 is 2.00 bits per heavy atom. The highest BCUT2D eigenvalue weighted by Crippen LogP contribution is 2.34. The highest BCUT2D eigenvalue weighted by atomic mass is 16.5. The predicted molar refractivity (Wildman–Crippen MR) is 78.8 cm³/mol. The number of amides is 1. The quantitative estimate of drug-likeness (QED) is 0.667. The third-order valence-electron chi connectivity index (χ3n) is 3.92. The normalized spacial score (nSPS) is 24.2. The Balaban J connectivity index is 3.27. The van der Waals surface area contributed by atoms with Crippen molar-refractivity contribution in [2.24, 2.45) is 11.8 Å². The molecular formula is C15H24N2O4. The maximum absolute atomic E-state index is 11.7. The summed E-state index contributed by atoms with van der Waals surface area (Å²) in [5.41, 5.74) is 1.12. The van der Waals surface area contributed by atoms with Crippen molar-refractivity contribution >= 4 is 17.6 Å². The zero-order valence-electron chi connectivity index (χ0n) is 13.0. The molecular weight excluding hydrogens is 272 g/mol. The Kier molecular flexibility index (Phi) is 6.08. The van der Waals surface area contributed by atoms with Crippen LogP contribution in [0, 0.1) is 17.2 Å². The molecule has 1 aliphatic rings. The fourth-order valence-corrected chi connectivity index (χ4v) is 2.78. The van der Waals surface area contributed by atoms with Crippen LogP contribution in [0.25, 0.3) is 0 Å². The second-order valence-corrected chi connectivity index (χ2v) is 5.28. The molecule has 0 aromatic rings. The highest BCUT2D eigenvalue weighted by molar-refractivity contribution is 6.05. The number of esters is 1. The van der Waals surface area contributed by atoms with E-state index in [1.165, 1.54) is 14.0 Å². The molecule has 118 valence electrons. The molecule has 0 spiro atoms. The molecule has 1 aliphatic carbocycles. The monoisotopic (exact) mass is 296 g/mol. The van der Waals surface area contributed by atoms with Crippen molar-refractivity contribution in [1.82, 2.24) is 5.32 Å². The molecule has 1 amide bonds. The van der Waals surface area contributed by atoms with E-state index in [1.807, 2.05) is 13.8 Å². The van der Waals surface area contributed by atoms with E-state index in [-0.39, 0.29) is 24.0 Å². The molecule has 1 fully saturated rings. The summed E-state index contributed by atoms with van der Waals surface area (Å²) in [7, 11) is 1.26. The molecule has 1 saturated carbocycles. The summed E-state index contributed by atoms with van der Waals surface area (Å²) in [6, 6.07) is 0. The van der Waals surface area contributed by atoms with Crippen LogP contribution in [0.3, 0.4) is 0 Å². The Morgan fingerprint density at radius 3 is 2.43 bits per heavy atom. The van der Waals surface area contributed by atoms with Crippen LogP contribution in [0.2, 0.25) is 0 Å². The molecule has 0 aromatic carbocycles. The SMILES string of the molecule is CCC(CC)C(NC(C)=O)=C1C(=N)CC(C(=O)OC)C1O. The summed E-state index contributed by atoms with van der Waals surface area (Å²) in [6.07, 6.45) is 0.580. The molecule has 6 heteroatoms. The van der Waals surface area contributed by atoms with E-state index in [2.05, 4.69) is 10.1 Å². The summed E-state index contributed by atoms with van der Waals surface area (Å²) >= 11 is 0. The maximum Gasteiger partial charge on any atom is 0.312 e. The molecule has 0 bridgehead atoms. The van der Waals surface area contributed by atoms with Crippen LogP contribution in [0.5, 0.6) is 0 Å². The molecule has 0 aliphatic heterocycles. The summed E-state index contributed by atoms with van der Waals surface area (Å²) in [5.74, 6) is -1.51. The molecule has 1 rings (SSSR count). The first kappa shape index (κ1) is 17.4. The van der Waals surface area contributed by atoms with E-state index in [0.717, 1.165) is 12.8 Å². The first-order valence-corrected chi connectivity index (χ1v) is 7.22. The second-order valence-electron chi connectivity index (χ2n) is 5.28. The molecule has 0 saturated heterocycles. The number of nitrogens with one attached hydrogen (secondary N) is 2. The minimum Gasteiger partial charge on any atom is -0.469 e. The topological polar surface area (TPSA) is 99.5 Å². The van der Waals surface area contributed by atoms with E-state index < -0.39 is 18.0 Å². The average molecular weight is 296 g/mol. The van der Waals surface area contributed by atoms with Gasteiger partial charge in [0.15, 0.2) is 0 Å². The van der Waals surface area contributed by atoms with Gasteiger partial charge in [-0.1, -0.05) is 13.8 Å². The largest absolute Gasteiger partial charge is 0.469 e. The first-order valence-electron chi connectivity index (χ1n) is 7.22. The zero-order chi connectivity index (χ0) is 16.2. The number of carbonyl (C=O) groups is 2. The molecule has 0 heterocycles. The molecule has 2 atom stereocenters. The van der Waals surface area contributed by atoms with E-state index in [0.29, 0.717) is 11.3 Å². The van der Waals surface area contributed by atoms with Crippen LogP contribution in [0.4, 0.5) is 0 Å². The van der Waals surface area contributed by atoms with Gasteiger partial charge in [-0.15, -0.1) is 0 Å². The molecule has 6 nitrogen and oxygen atoms in total. The highest BCUT2D eigenvalue weighted by Gasteiger charge is 2.42. The Hall–Kier alpha value is -1.69. The number of methoxy groups -OCH3 is 1. The summed E-state index contributed by atoms with van der Waals surface area (Å²) in [4.78, 5) is 23.1. The maximum atomic E-state index is 11.7. The molecule has 0 radical (unpaired) electrons. The number of allylic oxidation sites excluding steroid dienone is 1. The molecule has 21 heavy (non-hydrogen) atoms. The van der Waals surface area contributed by atoms with Crippen molar-refractivity contribution in [3.8, 4) is 0 Å². The lowest BCUT2D eigenvalue weighted by molar-refractivity contribution is -0.147. The van der Waals surface area contributed by atoms with Gasteiger partial charge in [0.2, 0.25) is 5.91 Å². The number of aliphatic hydroxyl groups excluding tert-OH is 1. The lowest BCUT2D eigenvalue weighted by Gasteiger charge is -2.22. The van der Waals surface area contributed by atoms with Gasteiger partial charge in [0.25, 0.3) is 0 Å². The number of rotatable bonds is 5. The van der Waals surface area contributed by atoms with Gasteiger partial charge in [-0.3, -0.25) is 9.59 Å². The first-order chi connectivity index (χ1) is 9.87. The molecule has 3 N–H and O–H groups in total. The van der Waals surface area contributed by atoms with Gasteiger partial charge in [0.05, 0.1) is 19.1 Å². The van der Waals surface area contributed by atoms with Crippen LogP contribution < -0.4 is 5.32 Å². The van der Waals surface area contributed by atoms with Gasteiger partial charge in [-0.2, -0.15) is 0 Å². The smallest absolute Gasteiger partial charge is 0.312 e. The lowest BCUT2D eigenvalue weighted by Crippen LogP contribution is -2.31. The van der Waals surface area contributed by atoms with Gasteiger partial charge >= 0.3 is 5.97 Å². The Morgan fingerprint density at radius 1 is 1.43 bits per heavy atom. The van der Waals surface area contributed by atoms with Crippen LogP contribution in [0.1, 0.15) is 40.0 Å². The van der Waals surface area contributed by atoms with Gasteiger partial charge in [0.1, 0.15) is 0 Å². The van der Waals surface area contributed by atoms with Crippen molar-refractivity contribution in [2.45, 2.75) is 46.1 Å². The number of ether oxygens (including phenoxy) is 1. The summed E-state index contributed by atoms with van der Waals surface area (Å²) in [5, 5.41) is 21.2. The fourth-order valence-electron chi connectivity index (χ4n) is 2.78. The number of aliphatic hydroxyl groups is 1. The van der Waals surface area contributed by atoms with Crippen LogP contribution in [-0.2, 0) is 14.3 Å². The van der Waals surface area contributed by atoms with Crippen LogP contribution in [0.15, 0.2) is 11.3 Å². The van der Waals surface area contributed by atoms with Crippen molar-refractivity contribution in [1.29, 1.82) is 5.41 Å². The van der Waals surface area contributed by atoms with Crippen molar-refractivity contribution in [2.75, 3.05) is 7.11 Å². The van der Waals surface area contributed by atoms with Crippen LogP contribution >= 0.6 is 0 Å². The minimum absolute atomic E-state index is 0.0373. The van der Waals surface area contributed by atoms with Gasteiger partial charge in [-0.25, -0.2) is 0 Å². The van der Waals surface area contributed by atoms with E-state index >= 15 is 0 Å². The van der Waals surface area contributed by atoms with E-state index in [1.54, 1.807) is 0 Å². The minimum atomic E-state index is -1.10. The second kappa shape index (κ2) is 7.36.